The largest absolute Gasteiger partial charge is 0.392 e. The van der Waals surface area contributed by atoms with Gasteiger partial charge in [-0.25, -0.2) is 0 Å². The Kier molecular flexibility index (Phi) is 4.01. The molecule has 1 aromatic rings. The van der Waals surface area contributed by atoms with Gasteiger partial charge < -0.3 is 19.3 Å². The van der Waals surface area contributed by atoms with Gasteiger partial charge in [0.15, 0.2) is 0 Å². The normalized spacial score (nSPS) is 37.9. The highest BCUT2D eigenvalue weighted by Gasteiger charge is 2.65. The quantitative estimate of drug-likeness (QED) is 0.872. The number of ether oxygens (including phenoxy) is 3. The van der Waals surface area contributed by atoms with Gasteiger partial charge in [0.05, 0.1) is 32.0 Å². The van der Waals surface area contributed by atoms with Crippen LogP contribution in [-0.2, 0) is 14.2 Å². The van der Waals surface area contributed by atoms with Gasteiger partial charge >= 0.3 is 0 Å². The second kappa shape index (κ2) is 6.02. The van der Waals surface area contributed by atoms with E-state index in [1.54, 1.807) is 14.2 Å². The van der Waals surface area contributed by atoms with Gasteiger partial charge in [0.25, 0.3) is 0 Å². The summed E-state index contributed by atoms with van der Waals surface area (Å²) in [7, 11) is 3.49. The second-order valence-corrected chi connectivity index (χ2v) is 6.82. The van der Waals surface area contributed by atoms with Crippen LogP contribution in [0.2, 0.25) is 0 Å². The number of aliphatic hydroxyl groups excluding tert-OH is 1. The van der Waals surface area contributed by atoms with Crippen LogP contribution in [0, 0.1) is 23.7 Å². The molecule has 0 unspecified atom stereocenters. The van der Waals surface area contributed by atoms with Crippen molar-refractivity contribution in [2.45, 2.75) is 12.2 Å². The van der Waals surface area contributed by atoms with Gasteiger partial charge in [-0.05, 0) is 16.7 Å². The Morgan fingerprint density at radius 3 is 2.13 bits per heavy atom. The molecule has 0 aromatic heterocycles. The van der Waals surface area contributed by atoms with Crippen LogP contribution in [0.4, 0.5) is 0 Å². The summed E-state index contributed by atoms with van der Waals surface area (Å²) in [6.07, 6.45) is 0.329. The lowest BCUT2D eigenvalue weighted by molar-refractivity contribution is 0.0388. The molecule has 2 fully saturated rings. The molecule has 4 heteroatoms. The molecule has 2 bridgehead atoms. The molecule has 0 radical (unpaired) electrons. The molecule has 2 saturated heterocycles. The van der Waals surface area contributed by atoms with E-state index in [1.165, 1.54) is 11.1 Å². The average molecular weight is 316 g/mol. The summed E-state index contributed by atoms with van der Waals surface area (Å²) in [6.45, 7) is 1.51. The van der Waals surface area contributed by atoms with E-state index in [1.807, 2.05) is 6.07 Å². The van der Waals surface area contributed by atoms with Crippen LogP contribution >= 0.6 is 0 Å². The highest BCUT2D eigenvalue weighted by atomic mass is 16.5. The number of fused-ring (bicyclic) bond motifs is 5. The van der Waals surface area contributed by atoms with Gasteiger partial charge in [-0.2, -0.15) is 0 Å². The summed E-state index contributed by atoms with van der Waals surface area (Å²) in [6, 6.07) is 10.4. The SMILES string of the molecule is COC[C@@H]1[C@H](COC)[C@@H]2O[C@H]1[C@H]1C(CO)=C(c3ccccc3)[C@@H]21. The minimum absolute atomic E-state index is 0.118. The zero-order valence-corrected chi connectivity index (χ0v) is 13.6. The van der Waals surface area contributed by atoms with E-state index in [-0.39, 0.29) is 18.8 Å². The maximum Gasteiger partial charge on any atom is 0.0709 e. The van der Waals surface area contributed by atoms with Crippen molar-refractivity contribution in [2.24, 2.45) is 23.7 Å². The maximum atomic E-state index is 9.91. The van der Waals surface area contributed by atoms with Crippen molar-refractivity contribution in [3.05, 3.63) is 41.5 Å². The molecule has 6 atom stereocenters. The molecule has 23 heavy (non-hydrogen) atoms. The first-order valence-electron chi connectivity index (χ1n) is 8.34. The molecule has 2 aliphatic heterocycles. The van der Waals surface area contributed by atoms with Gasteiger partial charge in [-0.15, -0.1) is 0 Å². The van der Waals surface area contributed by atoms with Crippen molar-refractivity contribution in [3.8, 4) is 0 Å². The van der Waals surface area contributed by atoms with E-state index >= 15 is 0 Å². The lowest BCUT2D eigenvalue weighted by Crippen LogP contribution is -2.49. The number of hydrogen-bond acceptors (Lipinski definition) is 4. The Balaban J connectivity index is 1.69. The van der Waals surface area contributed by atoms with Gasteiger partial charge in [0.2, 0.25) is 0 Å². The highest BCUT2D eigenvalue weighted by Crippen LogP contribution is 2.63. The van der Waals surface area contributed by atoms with Gasteiger partial charge in [-0.3, -0.25) is 0 Å². The number of aliphatic hydroxyl groups is 1. The third-order valence-electron chi connectivity index (χ3n) is 5.86. The lowest BCUT2D eigenvalue weighted by Gasteiger charge is -2.47. The Labute approximate surface area is 137 Å². The molecule has 3 aliphatic rings. The van der Waals surface area contributed by atoms with Crippen molar-refractivity contribution in [2.75, 3.05) is 34.0 Å². The molecule has 4 rings (SSSR count). The summed E-state index contributed by atoms with van der Waals surface area (Å²) < 4.78 is 17.2. The number of methoxy groups -OCH3 is 2. The Hall–Kier alpha value is -1.20. The summed E-state index contributed by atoms with van der Waals surface area (Å²) in [5, 5.41) is 9.91. The van der Waals surface area contributed by atoms with Gasteiger partial charge in [0.1, 0.15) is 0 Å². The van der Waals surface area contributed by atoms with Gasteiger partial charge in [-0.1, -0.05) is 30.3 Å². The predicted octanol–water partition coefficient (Wildman–Crippen LogP) is 1.98. The molecule has 1 N–H and O–H groups in total. The van der Waals surface area contributed by atoms with Crippen LogP contribution in [0.1, 0.15) is 5.56 Å². The fourth-order valence-corrected chi connectivity index (χ4v) is 5.05. The number of hydrogen-bond donors (Lipinski definition) is 1. The van der Waals surface area contributed by atoms with Crippen molar-refractivity contribution < 1.29 is 19.3 Å². The monoisotopic (exact) mass is 316 g/mol. The summed E-state index contributed by atoms with van der Waals surface area (Å²) in [5.74, 6) is 1.45. The van der Waals surface area contributed by atoms with Crippen molar-refractivity contribution >= 4 is 5.57 Å². The molecule has 1 aliphatic carbocycles. The molecule has 124 valence electrons. The van der Waals surface area contributed by atoms with Crippen LogP contribution in [0.15, 0.2) is 35.9 Å². The lowest BCUT2D eigenvalue weighted by atomic mass is 9.55. The predicted molar refractivity (Wildman–Crippen MR) is 86.8 cm³/mol. The maximum absolute atomic E-state index is 9.91. The summed E-state index contributed by atoms with van der Waals surface area (Å²) in [5.41, 5.74) is 3.67. The molecule has 1 aromatic carbocycles. The van der Waals surface area contributed by atoms with Crippen LogP contribution in [0.3, 0.4) is 0 Å². The van der Waals surface area contributed by atoms with E-state index in [9.17, 15) is 5.11 Å². The molecule has 0 saturated carbocycles. The summed E-state index contributed by atoms with van der Waals surface area (Å²) in [4.78, 5) is 0. The highest BCUT2D eigenvalue weighted by molar-refractivity contribution is 5.79. The molecular weight excluding hydrogens is 292 g/mol. The van der Waals surface area contributed by atoms with Crippen LogP contribution in [0.25, 0.3) is 5.57 Å². The van der Waals surface area contributed by atoms with Gasteiger partial charge in [0, 0.05) is 37.9 Å². The molecule has 0 spiro atoms. The minimum atomic E-state index is 0.118. The third kappa shape index (κ3) is 2.13. The van der Waals surface area contributed by atoms with Crippen LogP contribution < -0.4 is 0 Å². The first-order chi connectivity index (χ1) is 11.3. The minimum Gasteiger partial charge on any atom is -0.392 e. The van der Waals surface area contributed by atoms with E-state index in [2.05, 4.69) is 24.3 Å². The Morgan fingerprint density at radius 1 is 0.957 bits per heavy atom. The van der Waals surface area contributed by atoms with Crippen molar-refractivity contribution in [3.63, 3.8) is 0 Å². The van der Waals surface area contributed by atoms with E-state index < -0.39 is 0 Å². The van der Waals surface area contributed by atoms with Crippen molar-refractivity contribution in [1.82, 2.24) is 0 Å². The standard InChI is InChI=1S/C19H24O4/c1-21-9-13-14(10-22-2)19-17-15(11-6-4-3-5-7-11)12(8-20)16(17)18(13)23-19/h3-7,13-14,16-20H,8-10H2,1-2H3/t13-,14+,16+,17-,18-,19+/m1/s1. The Bertz CT molecular complexity index is 597. The Morgan fingerprint density at radius 2 is 1.57 bits per heavy atom. The smallest absolute Gasteiger partial charge is 0.0709 e. The first kappa shape index (κ1) is 15.3. The average Bonchev–Trinajstić information content (AvgIpc) is 3.03. The van der Waals surface area contributed by atoms with E-state index in [0.29, 0.717) is 36.9 Å². The fourth-order valence-electron chi connectivity index (χ4n) is 5.05. The number of benzene rings is 1. The third-order valence-corrected chi connectivity index (χ3v) is 5.86. The number of rotatable bonds is 6. The van der Waals surface area contributed by atoms with Crippen LogP contribution in [-0.4, -0.2) is 51.4 Å². The first-order valence-corrected chi connectivity index (χ1v) is 8.34. The zero-order valence-electron chi connectivity index (χ0n) is 13.6. The fraction of sp³-hybridized carbons (Fsp3) is 0.579. The van der Waals surface area contributed by atoms with E-state index in [4.69, 9.17) is 14.2 Å². The summed E-state index contributed by atoms with van der Waals surface area (Å²) >= 11 is 0. The molecule has 0 amide bonds. The van der Waals surface area contributed by atoms with Crippen molar-refractivity contribution in [1.29, 1.82) is 0 Å². The molecule has 4 nitrogen and oxygen atoms in total. The molecule has 2 heterocycles. The van der Waals surface area contributed by atoms with Crippen LogP contribution in [0.5, 0.6) is 0 Å². The topological polar surface area (TPSA) is 47.9 Å². The zero-order chi connectivity index (χ0) is 16.0. The molecular formula is C19H24O4. The van der Waals surface area contributed by atoms with E-state index in [0.717, 1.165) is 5.57 Å². The second-order valence-electron chi connectivity index (χ2n) is 6.82.